The Kier molecular flexibility index (Phi) is 8.59. The lowest BCUT2D eigenvalue weighted by Crippen LogP contribution is -2.27. The van der Waals surface area contributed by atoms with Crippen LogP contribution in [0.3, 0.4) is 0 Å². The van der Waals surface area contributed by atoms with Crippen LogP contribution in [0, 0.1) is 17.6 Å². The normalized spacial score (nSPS) is 18.3. The molecule has 0 spiro atoms. The number of rotatable bonds is 10. The molecule has 1 heterocycles. The second-order valence-electron chi connectivity index (χ2n) is 8.66. The van der Waals surface area contributed by atoms with Gasteiger partial charge in [-0.25, -0.2) is 8.78 Å². The summed E-state index contributed by atoms with van der Waals surface area (Å²) in [6.07, 6.45) is 2.14. The minimum atomic E-state index is -3.10. The maximum absolute atomic E-state index is 15.2. The number of halogens is 4. The third-order valence-corrected chi connectivity index (χ3v) is 6.15. The first kappa shape index (κ1) is 25.4. The van der Waals surface area contributed by atoms with Gasteiger partial charge in [0.15, 0.2) is 17.9 Å². The lowest BCUT2D eigenvalue weighted by Gasteiger charge is -2.29. The number of ether oxygens (including phenoxy) is 4. The monoisotopic (exact) mass is 492 g/mol. The average molecular weight is 493 g/mol. The van der Waals surface area contributed by atoms with Gasteiger partial charge >= 0.3 is 6.61 Å². The highest BCUT2D eigenvalue weighted by Crippen LogP contribution is 2.31. The molecule has 0 aliphatic carbocycles. The van der Waals surface area contributed by atoms with Gasteiger partial charge in [0.2, 0.25) is 0 Å². The third kappa shape index (κ3) is 6.51. The van der Waals surface area contributed by atoms with Crippen LogP contribution in [0.2, 0.25) is 0 Å². The molecular weight excluding hydrogens is 464 g/mol. The smallest absolute Gasteiger partial charge is 0.387 e. The zero-order valence-corrected chi connectivity index (χ0v) is 19.4. The molecule has 1 saturated heterocycles. The number of hydrogen-bond acceptors (Lipinski definition) is 4. The van der Waals surface area contributed by atoms with Crippen molar-refractivity contribution in [1.29, 1.82) is 0 Å². The van der Waals surface area contributed by atoms with E-state index in [0.717, 1.165) is 42.5 Å². The Balaban J connectivity index is 1.39. The van der Waals surface area contributed by atoms with Crippen LogP contribution < -0.4 is 4.74 Å². The van der Waals surface area contributed by atoms with E-state index >= 15 is 4.39 Å². The Hall–Kier alpha value is -2.68. The van der Waals surface area contributed by atoms with Gasteiger partial charge in [-0.05, 0) is 60.4 Å². The summed E-state index contributed by atoms with van der Waals surface area (Å²) in [5, 5.41) is 1.21. The number of benzene rings is 3. The molecule has 0 saturated carbocycles. The number of alkyl halides is 2. The van der Waals surface area contributed by atoms with Crippen molar-refractivity contribution in [3.63, 3.8) is 0 Å². The summed E-state index contributed by atoms with van der Waals surface area (Å²) < 4.78 is 74.7. The Morgan fingerprint density at radius 3 is 2.49 bits per heavy atom. The van der Waals surface area contributed by atoms with Crippen molar-refractivity contribution in [2.75, 3.05) is 26.9 Å². The van der Waals surface area contributed by atoms with Crippen molar-refractivity contribution in [2.45, 2.75) is 38.6 Å². The molecule has 3 aromatic carbocycles. The quantitative estimate of drug-likeness (QED) is 0.236. The molecule has 0 amide bonds. The summed E-state index contributed by atoms with van der Waals surface area (Å²) in [4.78, 5) is 0. The zero-order chi connectivity index (χ0) is 24.8. The molecule has 0 unspecified atom stereocenters. The Morgan fingerprint density at radius 1 is 0.971 bits per heavy atom. The van der Waals surface area contributed by atoms with Gasteiger partial charge in [0.25, 0.3) is 0 Å². The molecule has 188 valence electrons. The van der Waals surface area contributed by atoms with Crippen LogP contribution in [0.4, 0.5) is 17.6 Å². The first-order valence-corrected chi connectivity index (χ1v) is 11.6. The molecular formula is C27H28F4O4. The van der Waals surface area contributed by atoms with Crippen molar-refractivity contribution in [1.82, 2.24) is 0 Å². The minimum Gasteiger partial charge on any atom is -0.432 e. The molecule has 1 aliphatic heterocycles. The number of methoxy groups -OCH3 is 1. The molecule has 0 atom stereocenters. The predicted molar refractivity (Wildman–Crippen MR) is 124 cm³/mol. The van der Waals surface area contributed by atoms with E-state index in [1.54, 1.807) is 19.2 Å². The topological polar surface area (TPSA) is 36.9 Å². The van der Waals surface area contributed by atoms with Crippen LogP contribution in [0.5, 0.6) is 5.75 Å². The highest BCUT2D eigenvalue weighted by molar-refractivity contribution is 5.84. The lowest BCUT2D eigenvalue weighted by atomic mass is 9.98. The van der Waals surface area contributed by atoms with Crippen LogP contribution in [0.1, 0.15) is 35.8 Å². The van der Waals surface area contributed by atoms with Crippen LogP contribution in [-0.2, 0) is 27.1 Å². The highest BCUT2D eigenvalue weighted by Gasteiger charge is 2.24. The summed E-state index contributed by atoms with van der Waals surface area (Å²) >= 11 is 0. The second kappa shape index (κ2) is 11.8. The highest BCUT2D eigenvalue weighted by atomic mass is 19.3. The molecule has 0 aromatic heterocycles. The molecule has 0 N–H and O–H groups in total. The van der Waals surface area contributed by atoms with Crippen molar-refractivity contribution in [2.24, 2.45) is 5.92 Å². The van der Waals surface area contributed by atoms with Crippen LogP contribution in [0.25, 0.3) is 10.8 Å². The van der Waals surface area contributed by atoms with E-state index in [1.165, 1.54) is 6.07 Å². The van der Waals surface area contributed by atoms with Crippen LogP contribution in [0.15, 0.2) is 48.5 Å². The van der Waals surface area contributed by atoms with Gasteiger partial charge < -0.3 is 18.9 Å². The van der Waals surface area contributed by atoms with E-state index in [4.69, 9.17) is 14.2 Å². The van der Waals surface area contributed by atoms with Crippen molar-refractivity contribution < 1.29 is 36.5 Å². The molecule has 0 bridgehead atoms. The summed E-state index contributed by atoms with van der Waals surface area (Å²) in [7, 11) is 1.69. The molecule has 35 heavy (non-hydrogen) atoms. The Bertz CT molecular complexity index is 1130. The van der Waals surface area contributed by atoms with Crippen molar-refractivity contribution in [3.8, 4) is 5.75 Å². The van der Waals surface area contributed by atoms with Crippen molar-refractivity contribution in [3.05, 3.63) is 76.9 Å². The van der Waals surface area contributed by atoms with Gasteiger partial charge in [-0.2, -0.15) is 8.78 Å². The number of aryl methyl sites for hydroxylation is 2. The van der Waals surface area contributed by atoms with Gasteiger partial charge in [-0.3, -0.25) is 0 Å². The van der Waals surface area contributed by atoms with E-state index in [9.17, 15) is 13.2 Å². The molecule has 4 rings (SSSR count). The van der Waals surface area contributed by atoms with Gasteiger partial charge in [0.05, 0.1) is 13.2 Å². The molecule has 8 heteroatoms. The molecule has 3 aromatic rings. The summed E-state index contributed by atoms with van der Waals surface area (Å²) in [6.45, 7) is -1.16. The number of fused-ring (bicyclic) bond motifs is 1. The Morgan fingerprint density at radius 2 is 1.77 bits per heavy atom. The first-order valence-electron chi connectivity index (χ1n) is 11.6. The minimum absolute atomic E-state index is 0.331. The maximum Gasteiger partial charge on any atom is 0.387 e. The largest absolute Gasteiger partial charge is 0.432 e. The molecule has 4 nitrogen and oxygen atoms in total. The van der Waals surface area contributed by atoms with E-state index in [0.29, 0.717) is 48.5 Å². The maximum atomic E-state index is 15.2. The second-order valence-corrected chi connectivity index (χ2v) is 8.66. The lowest BCUT2D eigenvalue weighted by molar-refractivity contribution is -0.206. The van der Waals surface area contributed by atoms with E-state index in [-0.39, 0.29) is 5.82 Å². The van der Waals surface area contributed by atoms with Gasteiger partial charge in [-0.1, -0.05) is 30.3 Å². The average Bonchev–Trinajstić information content (AvgIpc) is 2.85. The summed E-state index contributed by atoms with van der Waals surface area (Å²) in [5.41, 5.74) is 1.88. The van der Waals surface area contributed by atoms with E-state index < -0.39 is 24.5 Å². The van der Waals surface area contributed by atoms with Gasteiger partial charge in [-0.15, -0.1) is 0 Å². The fourth-order valence-electron chi connectivity index (χ4n) is 4.28. The fourth-order valence-corrected chi connectivity index (χ4v) is 4.28. The van der Waals surface area contributed by atoms with Crippen molar-refractivity contribution >= 4 is 10.8 Å². The first-order chi connectivity index (χ1) is 16.9. The zero-order valence-electron chi connectivity index (χ0n) is 19.4. The summed E-state index contributed by atoms with van der Waals surface area (Å²) in [6, 6.07) is 12.7. The molecule has 0 radical (unpaired) electrons. The van der Waals surface area contributed by atoms with Gasteiger partial charge in [0.1, 0.15) is 5.82 Å². The molecule has 1 aliphatic rings. The summed E-state index contributed by atoms with van der Waals surface area (Å²) in [5.74, 6) is -1.38. The van der Waals surface area contributed by atoms with Gasteiger partial charge in [0, 0.05) is 30.6 Å². The van der Waals surface area contributed by atoms with Crippen LogP contribution >= 0.6 is 0 Å². The van der Waals surface area contributed by atoms with E-state index in [2.05, 4.69) is 4.74 Å². The third-order valence-electron chi connectivity index (χ3n) is 6.15. The SMILES string of the molecule is COCCCC1COC(c2ccc3c(F)c(CCc4ccc(OC(F)F)c(F)c4)ccc3c2)OC1. The Labute approximate surface area is 201 Å². The molecule has 1 fully saturated rings. The standard InChI is InChI=1S/C27H28F4O4/c1-32-12-2-3-18-15-33-26(34-16-18)21-9-10-22-20(14-21)8-7-19(25(22)29)6-4-17-5-11-24(23(28)13-17)35-27(30)31/h5,7-11,13-14,18,26-27H,2-4,6,12,15-16H2,1H3. The number of hydrogen-bond donors (Lipinski definition) is 0. The fraction of sp³-hybridized carbons (Fsp3) is 0.407. The van der Waals surface area contributed by atoms with E-state index in [1.807, 2.05) is 18.2 Å². The predicted octanol–water partition coefficient (Wildman–Crippen LogP) is 6.59. The van der Waals surface area contributed by atoms with Crippen LogP contribution in [-0.4, -0.2) is 33.5 Å².